The van der Waals surface area contributed by atoms with Gasteiger partial charge in [0.15, 0.2) is 0 Å². The molecule has 0 aromatic carbocycles. The Morgan fingerprint density at radius 3 is 2.29 bits per heavy atom. The zero-order valence-electron chi connectivity index (χ0n) is 3.87. The molecule has 0 aromatic heterocycles. The average Bonchev–Trinajstić information content (AvgIpc) is 1.69. The van der Waals surface area contributed by atoms with Crippen molar-refractivity contribution >= 4 is 6.29 Å². The molecular weight excluding hydrogens is 90.1 g/mol. The molecule has 0 radical (unpaired) electrons. The van der Waals surface area contributed by atoms with E-state index in [-0.39, 0.29) is 0 Å². The van der Waals surface area contributed by atoms with Gasteiger partial charge in [-0.25, -0.2) is 0 Å². The zero-order chi connectivity index (χ0) is 5.54. The van der Waals surface area contributed by atoms with E-state index in [1.165, 1.54) is 12.3 Å². The van der Waals surface area contributed by atoms with Gasteiger partial charge in [-0.3, -0.25) is 4.79 Å². The largest absolute Gasteiger partial charge is 0.405 e. The maximum absolute atomic E-state index is 9.52. The quantitative estimate of drug-likeness (QED) is 0.304. The summed E-state index contributed by atoms with van der Waals surface area (Å²) in [6.07, 6.45) is 6.56. The third kappa shape index (κ3) is 4.95. The number of carbonyl (C=O) groups excluding carboxylic acids is 1. The minimum absolute atomic E-state index is 0.694. The molecule has 0 unspecified atom stereocenters. The van der Waals surface area contributed by atoms with Gasteiger partial charge in [0.25, 0.3) is 0 Å². The molecule has 0 saturated carbocycles. The molecule has 2 N–H and O–H groups in total. The predicted octanol–water partition coefficient (Wildman–Crippen LogP) is 0.214. The fourth-order valence-electron chi connectivity index (χ4n) is 0.174. The van der Waals surface area contributed by atoms with E-state index < -0.39 is 0 Å². The van der Waals surface area contributed by atoms with Crippen molar-refractivity contribution in [1.82, 2.24) is 0 Å². The Hall–Kier alpha value is -1.05. The lowest BCUT2D eigenvalue weighted by atomic mass is 10.5. The summed E-state index contributed by atoms with van der Waals surface area (Å²) in [6, 6.07) is 0. The van der Waals surface area contributed by atoms with E-state index >= 15 is 0 Å². The molecule has 0 saturated heterocycles. The van der Waals surface area contributed by atoms with Crippen LogP contribution in [0.3, 0.4) is 0 Å². The van der Waals surface area contributed by atoms with Crippen molar-refractivity contribution in [3.63, 3.8) is 0 Å². The normalized spacial score (nSPS) is 10.9. The summed E-state index contributed by atoms with van der Waals surface area (Å²) in [5.41, 5.74) is 4.92. The lowest BCUT2D eigenvalue weighted by Gasteiger charge is -1.63. The summed E-state index contributed by atoms with van der Waals surface area (Å²) < 4.78 is 0. The second-order valence-electron chi connectivity index (χ2n) is 0.906. The Labute approximate surface area is 42.3 Å². The molecular formula is C5H7NO. The highest BCUT2D eigenvalue weighted by atomic mass is 16.1. The van der Waals surface area contributed by atoms with E-state index in [4.69, 9.17) is 5.73 Å². The number of allylic oxidation sites excluding steroid dienone is 3. The zero-order valence-corrected chi connectivity index (χ0v) is 3.87. The smallest absolute Gasteiger partial charge is 0.142 e. The van der Waals surface area contributed by atoms with Crippen LogP contribution >= 0.6 is 0 Å². The minimum atomic E-state index is 0.694. The van der Waals surface area contributed by atoms with Crippen molar-refractivity contribution < 1.29 is 4.79 Å². The van der Waals surface area contributed by atoms with Crippen LogP contribution in [-0.4, -0.2) is 6.29 Å². The lowest BCUT2D eigenvalue weighted by Crippen LogP contribution is -1.72. The number of nitrogens with two attached hydrogens (primary N) is 1. The monoisotopic (exact) mass is 97.1 g/mol. The van der Waals surface area contributed by atoms with Gasteiger partial charge >= 0.3 is 0 Å². The molecule has 0 rings (SSSR count). The summed E-state index contributed by atoms with van der Waals surface area (Å²) in [5.74, 6) is 0. The Balaban J connectivity index is 3.27. The van der Waals surface area contributed by atoms with Crippen molar-refractivity contribution in [1.29, 1.82) is 0 Å². The number of hydrogen-bond acceptors (Lipinski definition) is 2. The van der Waals surface area contributed by atoms with Gasteiger partial charge < -0.3 is 5.73 Å². The molecule has 2 nitrogen and oxygen atoms in total. The van der Waals surface area contributed by atoms with Crippen LogP contribution in [0.1, 0.15) is 0 Å². The highest BCUT2D eigenvalue weighted by molar-refractivity contribution is 5.65. The first-order valence-corrected chi connectivity index (χ1v) is 1.90. The van der Waals surface area contributed by atoms with Crippen LogP contribution in [0.2, 0.25) is 0 Å². The number of rotatable bonds is 2. The lowest BCUT2D eigenvalue weighted by molar-refractivity contribution is -0.104. The molecule has 0 spiro atoms. The van der Waals surface area contributed by atoms with Gasteiger partial charge in [0.2, 0.25) is 0 Å². The molecule has 0 aliphatic rings. The number of hydrogen-bond donors (Lipinski definition) is 1. The molecule has 0 aromatic rings. The van der Waals surface area contributed by atoms with Gasteiger partial charge in [0, 0.05) is 0 Å². The third-order valence-electron chi connectivity index (χ3n) is 0.412. The molecule has 0 aliphatic heterocycles. The standard InChI is InChI=1S/C5H7NO/c6-4-2-1-3-5-7/h1-5H,6H2. The van der Waals surface area contributed by atoms with Crippen LogP contribution < -0.4 is 5.73 Å². The average molecular weight is 97.1 g/mol. The van der Waals surface area contributed by atoms with Crippen LogP contribution in [0, 0.1) is 0 Å². The molecule has 0 bridgehead atoms. The minimum Gasteiger partial charge on any atom is -0.405 e. The fraction of sp³-hybridized carbons (Fsp3) is 0. The van der Waals surface area contributed by atoms with E-state index in [2.05, 4.69) is 0 Å². The van der Waals surface area contributed by atoms with Crippen LogP contribution in [0.15, 0.2) is 24.4 Å². The van der Waals surface area contributed by atoms with E-state index in [1.54, 1.807) is 12.2 Å². The van der Waals surface area contributed by atoms with Gasteiger partial charge in [0.05, 0.1) is 0 Å². The maximum Gasteiger partial charge on any atom is 0.142 e. The van der Waals surface area contributed by atoms with Crippen molar-refractivity contribution in [2.75, 3.05) is 0 Å². The second kappa shape index (κ2) is 4.95. The number of aldehydes is 1. The molecule has 0 heterocycles. The first-order valence-electron chi connectivity index (χ1n) is 1.90. The van der Waals surface area contributed by atoms with Crippen LogP contribution in [0.25, 0.3) is 0 Å². The Bertz CT molecular complexity index is 94.3. The van der Waals surface area contributed by atoms with Crippen molar-refractivity contribution in [2.24, 2.45) is 5.73 Å². The molecule has 2 heteroatoms. The highest BCUT2D eigenvalue weighted by Gasteiger charge is 1.56. The predicted molar refractivity (Wildman–Crippen MR) is 28.5 cm³/mol. The number of carbonyl (C=O) groups is 1. The highest BCUT2D eigenvalue weighted by Crippen LogP contribution is 1.66. The maximum atomic E-state index is 9.52. The van der Waals surface area contributed by atoms with E-state index in [1.807, 2.05) is 0 Å². The second-order valence-corrected chi connectivity index (χ2v) is 0.906. The van der Waals surface area contributed by atoms with Crippen LogP contribution in [0.5, 0.6) is 0 Å². The van der Waals surface area contributed by atoms with Crippen molar-refractivity contribution in [2.45, 2.75) is 0 Å². The molecule has 0 fully saturated rings. The molecule has 38 valence electrons. The van der Waals surface area contributed by atoms with Gasteiger partial charge in [0.1, 0.15) is 6.29 Å². The molecule has 7 heavy (non-hydrogen) atoms. The van der Waals surface area contributed by atoms with Gasteiger partial charge in [-0.05, 0) is 18.4 Å². The molecule has 0 aliphatic carbocycles. The molecule has 0 amide bonds. The van der Waals surface area contributed by atoms with Gasteiger partial charge in [-0.2, -0.15) is 0 Å². The summed E-state index contributed by atoms with van der Waals surface area (Å²) >= 11 is 0. The summed E-state index contributed by atoms with van der Waals surface area (Å²) in [5, 5.41) is 0. The van der Waals surface area contributed by atoms with Crippen molar-refractivity contribution in [3.05, 3.63) is 24.4 Å². The Morgan fingerprint density at radius 2 is 1.86 bits per heavy atom. The SMILES string of the molecule is NC=CC=CC=O. The molecule has 0 atom stereocenters. The van der Waals surface area contributed by atoms with Crippen LogP contribution in [0.4, 0.5) is 0 Å². The van der Waals surface area contributed by atoms with E-state index in [0.29, 0.717) is 6.29 Å². The first kappa shape index (κ1) is 5.95. The topological polar surface area (TPSA) is 43.1 Å². The Morgan fingerprint density at radius 1 is 1.14 bits per heavy atom. The summed E-state index contributed by atoms with van der Waals surface area (Å²) in [7, 11) is 0. The third-order valence-corrected chi connectivity index (χ3v) is 0.412. The van der Waals surface area contributed by atoms with E-state index in [9.17, 15) is 4.79 Å². The summed E-state index contributed by atoms with van der Waals surface area (Å²) in [6.45, 7) is 0. The van der Waals surface area contributed by atoms with Gasteiger partial charge in [-0.1, -0.05) is 6.08 Å². The summed E-state index contributed by atoms with van der Waals surface area (Å²) in [4.78, 5) is 9.52. The Kier molecular flexibility index (Phi) is 4.21. The fourth-order valence-corrected chi connectivity index (χ4v) is 0.174. The van der Waals surface area contributed by atoms with Crippen LogP contribution in [-0.2, 0) is 4.79 Å². The first-order chi connectivity index (χ1) is 3.41. The van der Waals surface area contributed by atoms with E-state index in [0.717, 1.165) is 0 Å². The van der Waals surface area contributed by atoms with Crippen molar-refractivity contribution in [3.8, 4) is 0 Å². The van der Waals surface area contributed by atoms with Gasteiger partial charge in [-0.15, -0.1) is 0 Å².